The van der Waals surface area contributed by atoms with Crippen LogP contribution in [-0.4, -0.2) is 38.6 Å². The molecule has 2 heterocycles. The van der Waals surface area contributed by atoms with Crippen LogP contribution in [0.3, 0.4) is 0 Å². The number of nitrogens with zero attached hydrogens (tertiary/aromatic N) is 3. The minimum atomic E-state index is -0.865. The van der Waals surface area contributed by atoms with Crippen LogP contribution in [0.1, 0.15) is 15.9 Å². The van der Waals surface area contributed by atoms with Gasteiger partial charge in [0.1, 0.15) is 17.6 Å². The highest BCUT2D eigenvalue weighted by Gasteiger charge is 2.23. The van der Waals surface area contributed by atoms with E-state index < -0.39 is 22.8 Å². The maximum atomic E-state index is 12.9. The molecule has 0 saturated carbocycles. The van der Waals surface area contributed by atoms with E-state index in [0.717, 1.165) is 5.56 Å². The first-order valence-electron chi connectivity index (χ1n) is 7.57. The summed E-state index contributed by atoms with van der Waals surface area (Å²) in [4.78, 5) is 35.6. The predicted octanol–water partition coefficient (Wildman–Crippen LogP) is 1.13. The SMILES string of the molecule is O=CCNC(=O)c1c(O)c2cc(Cl)nnc2n(Cc2ccccc2)c1=O. The van der Waals surface area contributed by atoms with E-state index in [4.69, 9.17) is 11.6 Å². The highest BCUT2D eigenvalue weighted by molar-refractivity contribution is 6.30. The molecule has 132 valence electrons. The fourth-order valence-electron chi connectivity index (χ4n) is 2.54. The molecule has 0 atom stereocenters. The lowest BCUT2D eigenvalue weighted by Gasteiger charge is -2.13. The zero-order valence-corrected chi connectivity index (χ0v) is 14.1. The number of aromatic hydroxyl groups is 1. The summed E-state index contributed by atoms with van der Waals surface area (Å²) in [5, 5.41) is 20.4. The normalized spacial score (nSPS) is 10.7. The molecule has 8 nitrogen and oxygen atoms in total. The van der Waals surface area contributed by atoms with E-state index in [1.54, 1.807) is 12.1 Å². The smallest absolute Gasteiger partial charge is 0.269 e. The van der Waals surface area contributed by atoms with Crippen molar-refractivity contribution in [2.75, 3.05) is 6.54 Å². The van der Waals surface area contributed by atoms with Crippen molar-refractivity contribution in [1.29, 1.82) is 0 Å². The van der Waals surface area contributed by atoms with E-state index in [2.05, 4.69) is 15.5 Å². The Morgan fingerprint density at radius 3 is 2.69 bits per heavy atom. The van der Waals surface area contributed by atoms with Crippen LogP contribution in [0, 0.1) is 0 Å². The summed E-state index contributed by atoms with van der Waals surface area (Å²) in [6.45, 7) is -0.176. The molecule has 0 saturated heterocycles. The molecule has 0 unspecified atom stereocenters. The molecule has 9 heteroatoms. The third kappa shape index (κ3) is 3.27. The number of hydrogen-bond donors (Lipinski definition) is 2. The van der Waals surface area contributed by atoms with Crippen molar-refractivity contribution in [3.05, 3.63) is 63.0 Å². The number of fused-ring (bicyclic) bond motifs is 1. The van der Waals surface area contributed by atoms with Gasteiger partial charge >= 0.3 is 0 Å². The molecule has 2 N–H and O–H groups in total. The maximum Gasteiger partial charge on any atom is 0.269 e. The number of pyridine rings is 1. The fourth-order valence-corrected chi connectivity index (χ4v) is 2.69. The Morgan fingerprint density at radius 2 is 2.00 bits per heavy atom. The minimum absolute atomic E-state index is 0.00282. The van der Waals surface area contributed by atoms with E-state index in [9.17, 15) is 19.5 Å². The number of aromatic nitrogens is 3. The molecule has 2 aromatic heterocycles. The van der Waals surface area contributed by atoms with Crippen LogP contribution in [0.5, 0.6) is 5.75 Å². The molecule has 3 rings (SSSR count). The third-order valence-corrected chi connectivity index (χ3v) is 3.89. The lowest BCUT2D eigenvalue weighted by atomic mass is 10.1. The standard InChI is InChI=1S/C17H13ClN4O4/c18-12-8-11-14(24)13(16(25)19-6-7-23)17(26)22(15(11)21-20-12)9-10-4-2-1-3-5-10/h1-5,7-8,24H,6,9H2,(H,19,25). The van der Waals surface area contributed by atoms with Crippen molar-refractivity contribution in [3.63, 3.8) is 0 Å². The molecule has 0 bridgehead atoms. The Labute approximate surface area is 152 Å². The predicted molar refractivity (Wildman–Crippen MR) is 94.4 cm³/mol. The van der Waals surface area contributed by atoms with Gasteiger partial charge in [-0.25, -0.2) is 0 Å². The number of carbonyl (C=O) groups excluding carboxylic acids is 2. The molecule has 1 amide bonds. The third-order valence-electron chi connectivity index (χ3n) is 3.71. The summed E-state index contributed by atoms with van der Waals surface area (Å²) in [6.07, 6.45) is 0.473. The molecule has 26 heavy (non-hydrogen) atoms. The Kier molecular flexibility index (Phi) is 4.94. The van der Waals surface area contributed by atoms with Crippen LogP contribution in [0.15, 0.2) is 41.2 Å². The van der Waals surface area contributed by atoms with Gasteiger partial charge in [0, 0.05) is 0 Å². The Bertz CT molecular complexity index is 1050. The van der Waals surface area contributed by atoms with E-state index in [-0.39, 0.29) is 29.3 Å². The van der Waals surface area contributed by atoms with Crippen LogP contribution in [0.4, 0.5) is 0 Å². The van der Waals surface area contributed by atoms with Gasteiger partial charge in [0.15, 0.2) is 10.8 Å². The quantitative estimate of drug-likeness (QED) is 0.649. The van der Waals surface area contributed by atoms with Crippen molar-refractivity contribution in [1.82, 2.24) is 20.1 Å². The van der Waals surface area contributed by atoms with Crippen molar-refractivity contribution >= 4 is 34.8 Å². The molecular weight excluding hydrogens is 360 g/mol. The molecule has 0 aliphatic heterocycles. The van der Waals surface area contributed by atoms with Crippen LogP contribution in [-0.2, 0) is 11.3 Å². The first kappa shape index (κ1) is 17.6. The number of rotatable bonds is 5. The number of hydrogen-bond acceptors (Lipinski definition) is 6. The Balaban J connectivity index is 2.26. The van der Waals surface area contributed by atoms with Crippen molar-refractivity contribution in [2.45, 2.75) is 6.54 Å². The number of halogens is 1. The molecule has 0 radical (unpaired) electrons. The summed E-state index contributed by atoms with van der Waals surface area (Å²) in [6, 6.07) is 10.4. The highest BCUT2D eigenvalue weighted by Crippen LogP contribution is 2.26. The second-order valence-corrected chi connectivity index (χ2v) is 5.77. The van der Waals surface area contributed by atoms with E-state index in [0.29, 0.717) is 6.29 Å². The van der Waals surface area contributed by atoms with Gasteiger partial charge in [0.25, 0.3) is 11.5 Å². The molecule has 0 spiro atoms. The van der Waals surface area contributed by atoms with Gasteiger partial charge in [0.2, 0.25) is 0 Å². The summed E-state index contributed by atoms with van der Waals surface area (Å²) in [5.41, 5.74) is -0.358. The Morgan fingerprint density at radius 1 is 1.27 bits per heavy atom. The molecule has 1 aromatic carbocycles. The van der Waals surface area contributed by atoms with E-state index in [1.165, 1.54) is 10.6 Å². The number of aldehydes is 1. The fraction of sp³-hybridized carbons (Fsp3) is 0.118. The summed E-state index contributed by atoms with van der Waals surface area (Å²) >= 11 is 5.84. The van der Waals surface area contributed by atoms with Crippen LogP contribution in [0.2, 0.25) is 5.15 Å². The first-order valence-corrected chi connectivity index (χ1v) is 7.95. The molecule has 3 aromatic rings. The average molecular weight is 373 g/mol. The molecule has 0 fully saturated rings. The summed E-state index contributed by atoms with van der Waals surface area (Å²) < 4.78 is 1.23. The van der Waals surface area contributed by atoms with Gasteiger partial charge in [-0.3, -0.25) is 14.2 Å². The van der Waals surface area contributed by atoms with Gasteiger partial charge in [-0.1, -0.05) is 41.9 Å². The van der Waals surface area contributed by atoms with Gasteiger partial charge < -0.3 is 15.2 Å². The first-order chi connectivity index (χ1) is 12.5. The van der Waals surface area contributed by atoms with Crippen molar-refractivity contribution in [2.24, 2.45) is 0 Å². The molecular formula is C17H13ClN4O4. The van der Waals surface area contributed by atoms with Crippen molar-refractivity contribution < 1.29 is 14.7 Å². The van der Waals surface area contributed by atoms with Gasteiger partial charge in [-0.2, -0.15) is 0 Å². The van der Waals surface area contributed by atoms with Gasteiger partial charge in [0.05, 0.1) is 18.5 Å². The minimum Gasteiger partial charge on any atom is -0.506 e. The number of nitrogens with one attached hydrogen (secondary N) is 1. The zero-order chi connectivity index (χ0) is 18.7. The van der Waals surface area contributed by atoms with E-state index >= 15 is 0 Å². The molecule has 0 aliphatic carbocycles. The van der Waals surface area contributed by atoms with Crippen molar-refractivity contribution in [3.8, 4) is 5.75 Å². The number of carbonyl (C=O) groups is 2. The number of benzene rings is 1. The lowest BCUT2D eigenvalue weighted by molar-refractivity contribution is -0.107. The lowest BCUT2D eigenvalue weighted by Crippen LogP contribution is -2.34. The van der Waals surface area contributed by atoms with Crippen LogP contribution < -0.4 is 10.9 Å². The monoisotopic (exact) mass is 372 g/mol. The zero-order valence-electron chi connectivity index (χ0n) is 13.3. The number of amides is 1. The summed E-state index contributed by atoms with van der Waals surface area (Å²) in [7, 11) is 0. The Hall–Kier alpha value is -3.26. The summed E-state index contributed by atoms with van der Waals surface area (Å²) in [5.74, 6) is -1.43. The van der Waals surface area contributed by atoms with Gasteiger partial charge in [-0.15, -0.1) is 10.2 Å². The highest BCUT2D eigenvalue weighted by atomic mass is 35.5. The van der Waals surface area contributed by atoms with Crippen LogP contribution in [0.25, 0.3) is 11.0 Å². The topological polar surface area (TPSA) is 114 Å². The largest absolute Gasteiger partial charge is 0.506 e. The van der Waals surface area contributed by atoms with Gasteiger partial charge in [-0.05, 0) is 11.6 Å². The molecule has 0 aliphatic rings. The maximum absolute atomic E-state index is 12.9. The van der Waals surface area contributed by atoms with E-state index in [1.807, 2.05) is 18.2 Å². The van der Waals surface area contributed by atoms with Crippen LogP contribution >= 0.6 is 11.6 Å². The second-order valence-electron chi connectivity index (χ2n) is 5.38. The average Bonchev–Trinajstić information content (AvgIpc) is 2.64. The second kappa shape index (κ2) is 7.32.